The molecule has 3 rings (SSSR count). The molecule has 126 valence electrons. The van der Waals surface area contributed by atoms with Crippen molar-refractivity contribution in [1.82, 2.24) is 18.8 Å². The molecule has 23 heavy (non-hydrogen) atoms. The topological polar surface area (TPSA) is 68.1 Å². The third-order valence-corrected chi connectivity index (χ3v) is 5.67. The average molecular weight is 336 g/mol. The van der Waals surface area contributed by atoms with Gasteiger partial charge in [-0.15, -0.1) is 0 Å². The Morgan fingerprint density at radius 1 is 1.30 bits per heavy atom. The van der Waals surface area contributed by atoms with E-state index in [1.165, 1.54) is 6.26 Å². The second kappa shape index (κ2) is 6.20. The van der Waals surface area contributed by atoms with Crippen molar-refractivity contribution in [1.29, 1.82) is 0 Å². The highest BCUT2D eigenvalue weighted by Gasteiger charge is 2.28. The molecule has 0 spiro atoms. The molecule has 0 aromatic carbocycles. The molecule has 0 N–H and O–H groups in total. The highest BCUT2D eigenvalue weighted by atomic mass is 32.2. The molecule has 2 aromatic rings. The molecule has 1 aliphatic heterocycles. The van der Waals surface area contributed by atoms with Gasteiger partial charge in [0.1, 0.15) is 11.3 Å². The molecule has 6 nitrogen and oxygen atoms in total. The van der Waals surface area contributed by atoms with Crippen molar-refractivity contribution in [2.45, 2.75) is 39.2 Å². The Morgan fingerprint density at radius 2 is 2.00 bits per heavy atom. The Bertz CT molecular complexity index is 790. The zero-order valence-corrected chi connectivity index (χ0v) is 14.8. The maximum atomic E-state index is 11.7. The summed E-state index contributed by atoms with van der Waals surface area (Å²) in [4.78, 5) is 9.29. The van der Waals surface area contributed by atoms with Crippen LogP contribution in [0.1, 0.15) is 38.6 Å². The number of rotatable bonds is 4. The summed E-state index contributed by atoms with van der Waals surface area (Å²) in [5, 5.41) is 0. The van der Waals surface area contributed by atoms with E-state index < -0.39 is 10.0 Å². The lowest BCUT2D eigenvalue weighted by Crippen LogP contribution is -2.38. The van der Waals surface area contributed by atoms with Crippen LogP contribution in [0.3, 0.4) is 0 Å². The van der Waals surface area contributed by atoms with Gasteiger partial charge in [-0.1, -0.05) is 13.8 Å². The number of nitrogens with zero attached hydrogens (tertiary/aromatic N) is 4. The number of sulfonamides is 1. The van der Waals surface area contributed by atoms with Crippen molar-refractivity contribution in [3.8, 4) is 0 Å². The van der Waals surface area contributed by atoms with Gasteiger partial charge in [0.15, 0.2) is 5.65 Å². The van der Waals surface area contributed by atoms with Crippen molar-refractivity contribution in [2.75, 3.05) is 19.3 Å². The molecular weight excluding hydrogens is 312 g/mol. The second-order valence-corrected chi connectivity index (χ2v) is 8.72. The highest BCUT2D eigenvalue weighted by molar-refractivity contribution is 7.88. The van der Waals surface area contributed by atoms with E-state index in [2.05, 4.69) is 23.4 Å². The Morgan fingerprint density at radius 3 is 2.61 bits per heavy atom. The van der Waals surface area contributed by atoms with Crippen molar-refractivity contribution in [3.63, 3.8) is 0 Å². The molecule has 0 aliphatic carbocycles. The fourth-order valence-corrected chi connectivity index (χ4v) is 4.18. The first-order valence-electron chi connectivity index (χ1n) is 8.13. The van der Waals surface area contributed by atoms with Gasteiger partial charge in [-0.25, -0.2) is 22.7 Å². The van der Waals surface area contributed by atoms with Crippen molar-refractivity contribution in [2.24, 2.45) is 5.92 Å². The summed E-state index contributed by atoms with van der Waals surface area (Å²) >= 11 is 0. The van der Waals surface area contributed by atoms with E-state index in [0.29, 0.717) is 19.0 Å². The number of hydrogen-bond acceptors (Lipinski definition) is 4. The molecule has 0 saturated carbocycles. The molecule has 0 unspecified atom stereocenters. The number of hydrogen-bond donors (Lipinski definition) is 0. The molecule has 7 heteroatoms. The molecule has 1 saturated heterocycles. The van der Waals surface area contributed by atoms with Crippen LogP contribution in [0, 0.1) is 5.92 Å². The summed E-state index contributed by atoms with van der Waals surface area (Å²) in [5.41, 5.74) is 1.84. The first-order chi connectivity index (χ1) is 10.9. The standard InChI is InChI=1S/C16H24N4O2S/c1-12(2)11-15-18-14-5-4-8-17-16(14)20(15)13-6-9-19(10-7-13)23(3,21)22/h4-5,8,12-13H,6-7,9-11H2,1-3H3. The van der Waals surface area contributed by atoms with Gasteiger partial charge in [-0.3, -0.25) is 0 Å². The maximum Gasteiger partial charge on any atom is 0.211 e. The van der Waals surface area contributed by atoms with Crippen LogP contribution in [0.4, 0.5) is 0 Å². The predicted octanol–water partition coefficient (Wildman–Crippen LogP) is 2.23. The highest BCUT2D eigenvalue weighted by Crippen LogP contribution is 2.29. The molecule has 1 fully saturated rings. The summed E-state index contributed by atoms with van der Waals surface area (Å²) in [7, 11) is -3.10. The minimum atomic E-state index is -3.10. The van der Waals surface area contributed by atoms with Crippen LogP contribution in [0.25, 0.3) is 11.2 Å². The van der Waals surface area contributed by atoms with Crippen LogP contribution >= 0.6 is 0 Å². The van der Waals surface area contributed by atoms with Crippen LogP contribution in [0.5, 0.6) is 0 Å². The smallest absolute Gasteiger partial charge is 0.211 e. The van der Waals surface area contributed by atoms with E-state index in [1.807, 2.05) is 12.1 Å². The Kier molecular flexibility index (Phi) is 4.42. The average Bonchev–Trinajstić information content (AvgIpc) is 2.83. The predicted molar refractivity (Wildman–Crippen MR) is 90.8 cm³/mol. The lowest BCUT2D eigenvalue weighted by Gasteiger charge is -2.32. The van der Waals surface area contributed by atoms with Crippen LogP contribution < -0.4 is 0 Å². The third-order valence-electron chi connectivity index (χ3n) is 4.37. The number of pyridine rings is 1. The van der Waals surface area contributed by atoms with Crippen molar-refractivity contribution < 1.29 is 8.42 Å². The minimum Gasteiger partial charge on any atom is -0.309 e. The van der Waals surface area contributed by atoms with Crippen LogP contribution in [-0.2, 0) is 16.4 Å². The summed E-state index contributed by atoms with van der Waals surface area (Å²) in [5.74, 6) is 1.58. The molecule has 2 aromatic heterocycles. The molecule has 0 atom stereocenters. The summed E-state index contributed by atoms with van der Waals surface area (Å²) in [6, 6.07) is 4.17. The zero-order valence-electron chi connectivity index (χ0n) is 13.9. The summed E-state index contributed by atoms with van der Waals surface area (Å²) in [6.07, 6.45) is 5.60. The molecule has 0 radical (unpaired) electrons. The first kappa shape index (κ1) is 16.4. The Hall–Kier alpha value is -1.47. The fraction of sp³-hybridized carbons (Fsp3) is 0.625. The van der Waals surface area contributed by atoms with Gasteiger partial charge in [-0.2, -0.15) is 0 Å². The van der Waals surface area contributed by atoms with E-state index in [-0.39, 0.29) is 6.04 Å². The number of imidazole rings is 1. The van der Waals surface area contributed by atoms with E-state index in [4.69, 9.17) is 4.98 Å². The van der Waals surface area contributed by atoms with E-state index in [9.17, 15) is 8.42 Å². The van der Waals surface area contributed by atoms with Gasteiger partial charge in [0, 0.05) is 31.7 Å². The van der Waals surface area contributed by atoms with Gasteiger partial charge in [-0.05, 0) is 30.9 Å². The van der Waals surface area contributed by atoms with Crippen LogP contribution in [0.15, 0.2) is 18.3 Å². The van der Waals surface area contributed by atoms with Crippen molar-refractivity contribution in [3.05, 3.63) is 24.2 Å². The molecule has 1 aliphatic rings. The van der Waals surface area contributed by atoms with E-state index in [0.717, 1.165) is 36.3 Å². The number of aromatic nitrogens is 3. The fourth-order valence-electron chi connectivity index (χ4n) is 3.30. The van der Waals surface area contributed by atoms with Gasteiger partial charge < -0.3 is 4.57 Å². The summed E-state index contributed by atoms with van der Waals surface area (Å²) in [6.45, 7) is 5.50. The lowest BCUT2D eigenvalue weighted by molar-refractivity contribution is 0.273. The van der Waals surface area contributed by atoms with Crippen LogP contribution in [-0.4, -0.2) is 46.6 Å². The van der Waals surface area contributed by atoms with Gasteiger partial charge in [0.25, 0.3) is 0 Å². The SMILES string of the molecule is CC(C)Cc1nc2cccnc2n1C1CCN(S(C)(=O)=O)CC1. The van der Waals surface area contributed by atoms with Crippen molar-refractivity contribution >= 4 is 21.2 Å². The van der Waals surface area contributed by atoms with E-state index >= 15 is 0 Å². The Labute approximate surface area is 137 Å². The zero-order chi connectivity index (χ0) is 16.6. The van der Waals surface area contributed by atoms with E-state index in [1.54, 1.807) is 10.5 Å². The van der Waals surface area contributed by atoms with Gasteiger partial charge >= 0.3 is 0 Å². The summed E-state index contributed by atoms with van der Waals surface area (Å²) < 4.78 is 27.2. The number of piperidine rings is 1. The maximum absolute atomic E-state index is 11.7. The minimum absolute atomic E-state index is 0.265. The normalized spacial score (nSPS) is 18.1. The Balaban J connectivity index is 1.93. The number of fused-ring (bicyclic) bond motifs is 1. The largest absolute Gasteiger partial charge is 0.309 e. The molecule has 0 bridgehead atoms. The molecule has 0 amide bonds. The first-order valence-corrected chi connectivity index (χ1v) is 9.98. The molecule has 3 heterocycles. The second-order valence-electron chi connectivity index (χ2n) is 6.74. The quantitative estimate of drug-likeness (QED) is 0.858. The van der Waals surface area contributed by atoms with Gasteiger partial charge in [0.2, 0.25) is 10.0 Å². The van der Waals surface area contributed by atoms with Gasteiger partial charge in [0.05, 0.1) is 6.26 Å². The lowest BCUT2D eigenvalue weighted by atomic mass is 10.1. The molecular formula is C16H24N4O2S. The van der Waals surface area contributed by atoms with Crippen LogP contribution in [0.2, 0.25) is 0 Å². The monoisotopic (exact) mass is 336 g/mol. The third kappa shape index (κ3) is 3.40.